The fourth-order valence-corrected chi connectivity index (χ4v) is 11.9. The van der Waals surface area contributed by atoms with Crippen LogP contribution in [0.3, 0.4) is 0 Å². The van der Waals surface area contributed by atoms with E-state index < -0.39 is 12.1 Å². The Bertz CT molecular complexity index is 1340. The van der Waals surface area contributed by atoms with Gasteiger partial charge < -0.3 is 20.3 Å². The Balaban J connectivity index is 3.40. The van der Waals surface area contributed by atoms with Crippen LogP contribution in [0.5, 0.6) is 0 Å². The van der Waals surface area contributed by atoms with E-state index in [0.717, 1.165) is 51.4 Å². The molecule has 0 bridgehead atoms. The second kappa shape index (κ2) is 72.6. The monoisotopic (exact) mass is 1170 g/mol. The Hall–Kier alpha value is -1.92. The van der Waals surface area contributed by atoms with Gasteiger partial charge in [0.2, 0.25) is 5.91 Å². The van der Waals surface area contributed by atoms with E-state index in [4.69, 9.17) is 4.74 Å². The minimum absolute atomic E-state index is 0.00445. The number of hydrogen-bond acceptors (Lipinski definition) is 5. The normalized spacial score (nSPS) is 12.7. The van der Waals surface area contributed by atoms with Gasteiger partial charge in [-0.15, -0.1) is 0 Å². The topological polar surface area (TPSA) is 95.9 Å². The summed E-state index contributed by atoms with van der Waals surface area (Å²) in [6.07, 6.45) is 93.6. The lowest BCUT2D eigenvalue weighted by Crippen LogP contribution is -2.45. The fourth-order valence-electron chi connectivity index (χ4n) is 11.9. The van der Waals surface area contributed by atoms with E-state index in [1.54, 1.807) is 0 Å². The molecule has 1 amide bonds. The third kappa shape index (κ3) is 69.1. The first-order valence-corrected chi connectivity index (χ1v) is 37.7. The van der Waals surface area contributed by atoms with Gasteiger partial charge in [-0.1, -0.05) is 359 Å². The predicted octanol–water partition coefficient (Wildman–Crippen LogP) is 24.7. The van der Waals surface area contributed by atoms with Gasteiger partial charge in [-0.2, -0.15) is 0 Å². The van der Waals surface area contributed by atoms with Gasteiger partial charge in [0.15, 0.2) is 0 Å². The van der Waals surface area contributed by atoms with Gasteiger partial charge in [0.05, 0.1) is 25.4 Å². The maximum Gasteiger partial charge on any atom is 0.305 e. The summed E-state index contributed by atoms with van der Waals surface area (Å²) in [7, 11) is 0. The van der Waals surface area contributed by atoms with E-state index in [9.17, 15) is 19.8 Å². The quantitative estimate of drug-likeness (QED) is 0.0320. The summed E-state index contributed by atoms with van der Waals surface area (Å²) in [5.41, 5.74) is 0. The van der Waals surface area contributed by atoms with Crippen LogP contribution in [0.4, 0.5) is 0 Å². The highest BCUT2D eigenvalue weighted by Crippen LogP contribution is 2.19. The highest BCUT2D eigenvalue weighted by Gasteiger charge is 2.20. The summed E-state index contributed by atoms with van der Waals surface area (Å²) in [4.78, 5) is 24.6. The molecule has 0 radical (unpaired) electrons. The summed E-state index contributed by atoms with van der Waals surface area (Å²) < 4.78 is 5.48. The minimum Gasteiger partial charge on any atom is -0.466 e. The molecule has 0 aliphatic heterocycles. The number of nitrogens with one attached hydrogen (secondary N) is 1. The van der Waals surface area contributed by atoms with Crippen molar-refractivity contribution in [3.63, 3.8) is 0 Å². The SMILES string of the molecule is CCCCCC/C=C\CCCCCCCC(=O)OCCCCCCCCCCC/C=C\C/C=C\CCCCCCCCCCCCCCCCCC(=O)NC(CO)C(O)CCCCCCCCCCCCCCCCCCCCCCCC. The Morgan fingerprint density at radius 1 is 0.337 bits per heavy atom. The lowest BCUT2D eigenvalue weighted by molar-refractivity contribution is -0.143. The molecule has 490 valence electrons. The van der Waals surface area contributed by atoms with Gasteiger partial charge >= 0.3 is 5.97 Å². The predicted molar refractivity (Wildman–Crippen MR) is 366 cm³/mol. The molecule has 6 nitrogen and oxygen atoms in total. The van der Waals surface area contributed by atoms with Crippen LogP contribution in [0.1, 0.15) is 418 Å². The van der Waals surface area contributed by atoms with Gasteiger partial charge in [0, 0.05) is 12.8 Å². The summed E-state index contributed by atoms with van der Waals surface area (Å²) in [6, 6.07) is -0.542. The number of ether oxygens (including phenoxy) is 1. The standard InChI is InChI=1S/C77H147NO5/c1-3-5-7-9-11-13-15-17-18-19-20-21-33-36-39-42-46-49-53-57-61-65-69-75(80)74(73-79)78-76(81)70-66-62-58-54-50-47-43-40-37-34-31-29-27-25-23-22-24-26-28-30-32-35-38-41-44-48-52-56-60-64-68-72-83-77(82)71-67-63-59-55-51-45-16-14-12-10-8-6-4-2/h14,16,24,26,30,32,74-75,79-80H,3-13,15,17-23,25,27-29,31,33-73H2,1-2H3,(H,78,81)/b16-14-,26-24-,32-30-. The fraction of sp³-hybridized carbons (Fsp3) is 0.896. The van der Waals surface area contributed by atoms with Crippen LogP contribution < -0.4 is 5.32 Å². The smallest absolute Gasteiger partial charge is 0.305 e. The molecule has 0 fully saturated rings. The molecule has 2 atom stereocenters. The lowest BCUT2D eigenvalue weighted by Gasteiger charge is -2.22. The maximum absolute atomic E-state index is 12.6. The molecule has 83 heavy (non-hydrogen) atoms. The van der Waals surface area contributed by atoms with E-state index in [-0.39, 0.29) is 18.5 Å². The van der Waals surface area contributed by atoms with Crippen LogP contribution in [-0.2, 0) is 14.3 Å². The first-order chi connectivity index (χ1) is 41.0. The zero-order chi connectivity index (χ0) is 59.9. The molecular formula is C77H147NO5. The van der Waals surface area contributed by atoms with Crippen LogP contribution >= 0.6 is 0 Å². The Labute approximate surface area is 519 Å². The molecule has 6 heteroatoms. The third-order valence-electron chi connectivity index (χ3n) is 17.7. The summed E-state index contributed by atoms with van der Waals surface area (Å²) in [5, 5.41) is 23.4. The maximum atomic E-state index is 12.6. The lowest BCUT2D eigenvalue weighted by atomic mass is 10.0. The second-order valence-corrected chi connectivity index (χ2v) is 26.0. The zero-order valence-corrected chi connectivity index (χ0v) is 56.2. The Morgan fingerprint density at radius 2 is 0.602 bits per heavy atom. The number of esters is 1. The molecule has 0 saturated heterocycles. The molecule has 0 rings (SSSR count). The number of aliphatic hydroxyl groups is 2. The number of amides is 1. The number of carbonyl (C=O) groups is 2. The summed E-state index contributed by atoms with van der Waals surface area (Å²) in [6.45, 7) is 4.97. The Kier molecular flexibility index (Phi) is 70.9. The number of aliphatic hydroxyl groups excluding tert-OH is 2. The van der Waals surface area contributed by atoms with Crippen molar-refractivity contribution in [2.45, 2.75) is 431 Å². The van der Waals surface area contributed by atoms with Gasteiger partial charge in [-0.05, 0) is 83.5 Å². The second-order valence-electron chi connectivity index (χ2n) is 26.0. The average molecular weight is 1170 g/mol. The van der Waals surface area contributed by atoms with Crippen LogP contribution in [0.2, 0.25) is 0 Å². The number of rotatable bonds is 71. The van der Waals surface area contributed by atoms with E-state index in [1.807, 2.05) is 0 Å². The molecule has 0 aliphatic rings. The van der Waals surface area contributed by atoms with Crippen molar-refractivity contribution in [2.24, 2.45) is 0 Å². The number of hydrogen-bond donors (Lipinski definition) is 3. The van der Waals surface area contributed by atoms with Gasteiger partial charge in [-0.3, -0.25) is 9.59 Å². The van der Waals surface area contributed by atoms with E-state index in [1.165, 1.54) is 334 Å². The van der Waals surface area contributed by atoms with Crippen molar-refractivity contribution in [3.8, 4) is 0 Å². The molecule has 0 saturated carbocycles. The van der Waals surface area contributed by atoms with Crippen molar-refractivity contribution < 1.29 is 24.5 Å². The summed E-state index contributed by atoms with van der Waals surface area (Å²) >= 11 is 0. The molecule has 0 aromatic rings. The van der Waals surface area contributed by atoms with Crippen molar-refractivity contribution >= 4 is 11.9 Å². The van der Waals surface area contributed by atoms with Crippen LogP contribution in [0.15, 0.2) is 36.5 Å². The number of allylic oxidation sites excluding steroid dienone is 6. The molecule has 2 unspecified atom stereocenters. The van der Waals surface area contributed by atoms with Gasteiger partial charge in [-0.25, -0.2) is 0 Å². The van der Waals surface area contributed by atoms with E-state index in [0.29, 0.717) is 25.9 Å². The number of carbonyl (C=O) groups excluding carboxylic acids is 2. The van der Waals surface area contributed by atoms with Crippen molar-refractivity contribution in [1.29, 1.82) is 0 Å². The largest absolute Gasteiger partial charge is 0.466 e. The van der Waals surface area contributed by atoms with Crippen LogP contribution in [0, 0.1) is 0 Å². The van der Waals surface area contributed by atoms with Crippen molar-refractivity contribution in [3.05, 3.63) is 36.5 Å². The molecule has 0 heterocycles. The van der Waals surface area contributed by atoms with Crippen molar-refractivity contribution in [2.75, 3.05) is 13.2 Å². The molecule has 3 N–H and O–H groups in total. The zero-order valence-electron chi connectivity index (χ0n) is 56.2. The minimum atomic E-state index is -0.665. The van der Waals surface area contributed by atoms with Crippen molar-refractivity contribution in [1.82, 2.24) is 5.32 Å². The van der Waals surface area contributed by atoms with Crippen LogP contribution in [0.25, 0.3) is 0 Å². The molecule has 0 aromatic carbocycles. The summed E-state index contributed by atoms with van der Waals surface area (Å²) in [5.74, 6) is -0.0252. The van der Waals surface area contributed by atoms with Gasteiger partial charge in [0.25, 0.3) is 0 Å². The van der Waals surface area contributed by atoms with E-state index in [2.05, 4.69) is 55.6 Å². The molecule has 0 aromatic heterocycles. The molecular weight excluding hydrogens is 1020 g/mol. The van der Waals surface area contributed by atoms with Gasteiger partial charge in [0.1, 0.15) is 0 Å². The van der Waals surface area contributed by atoms with Crippen LogP contribution in [-0.4, -0.2) is 47.4 Å². The van der Waals surface area contributed by atoms with E-state index >= 15 is 0 Å². The highest BCUT2D eigenvalue weighted by molar-refractivity contribution is 5.76. The number of unbranched alkanes of at least 4 members (excludes halogenated alkanes) is 54. The highest BCUT2D eigenvalue weighted by atomic mass is 16.5. The molecule has 0 spiro atoms. The average Bonchev–Trinajstić information content (AvgIpc) is 3.49. The Morgan fingerprint density at radius 3 is 0.940 bits per heavy atom. The first-order valence-electron chi connectivity index (χ1n) is 37.7. The molecule has 0 aliphatic carbocycles. The third-order valence-corrected chi connectivity index (χ3v) is 17.7. The first kappa shape index (κ1) is 81.1.